The van der Waals surface area contributed by atoms with Gasteiger partial charge in [-0.25, -0.2) is 13.6 Å². The minimum Gasteiger partial charge on any atom is -0.478 e. The fourth-order valence-corrected chi connectivity index (χ4v) is 3.89. The number of fused-ring (bicyclic) bond motifs is 3. The van der Waals surface area contributed by atoms with Crippen LogP contribution in [-0.4, -0.2) is 11.1 Å². The highest BCUT2D eigenvalue weighted by atomic mass is 19.1. The van der Waals surface area contributed by atoms with Crippen molar-refractivity contribution >= 4 is 11.7 Å². The summed E-state index contributed by atoms with van der Waals surface area (Å²) in [5, 5.41) is 12.6. The van der Waals surface area contributed by atoms with Gasteiger partial charge in [0.05, 0.1) is 17.3 Å². The van der Waals surface area contributed by atoms with E-state index < -0.39 is 17.6 Å². The lowest BCUT2D eigenvalue weighted by atomic mass is 9.76. The standard InChI is InChI=1S/C19H15F2NO2/c20-10-8-15-11-6-3-7-12(11)17(22-18(15)16(21)9-10)13-4-1-2-5-14(13)19(23)24/h1-6,8-9,11-12,17,22H,7H2,(H,23,24)/t11-,12+,17-/m1/s1. The van der Waals surface area contributed by atoms with E-state index in [4.69, 9.17) is 0 Å². The summed E-state index contributed by atoms with van der Waals surface area (Å²) in [6.07, 6.45) is 4.68. The molecule has 1 heterocycles. The summed E-state index contributed by atoms with van der Waals surface area (Å²) in [6.45, 7) is 0. The molecule has 5 heteroatoms. The van der Waals surface area contributed by atoms with Crippen LogP contribution in [0.3, 0.4) is 0 Å². The van der Waals surface area contributed by atoms with Crippen LogP contribution in [0.2, 0.25) is 0 Å². The van der Waals surface area contributed by atoms with Crippen molar-refractivity contribution in [3.8, 4) is 0 Å². The normalized spacial score (nSPS) is 24.2. The maximum absolute atomic E-state index is 14.3. The number of allylic oxidation sites excluding steroid dienone is 2. The fraction of sp³-hybridized carbons (Fsp3) is 0.211. The molecular weight excluding hydrogens is 312 g/mol. The first-order valence-corrected chi connectivity index (χ1v) is 7.80. The highest BCUT2D eigenvalue weighted by molar-refractivity contribution is 5.89. The van der Waals surface area contributed by atoms with Crippen LogP contribution in [0.15, 0.2) is 48.6 Å². The molecule has 0 aromatic heterocycles. The average Bonchev–Trinajstić information content (AvgIpc) is 3.04. The molecule has 0 saturated heterocycles. The van der Waals surface area contributed by atoms with Gasteiger partial charge in [-0.15, -0.1) is 0 Å². The van der Waals surface area contributed by atoms with Crippen LogP contribution in [0.25, 0.3) is 0 Å². The summed E-state index contributed by atoms with van der Waals surface area (Å²) in [5.41, 5.74) is 1.68. The molecular formula is C19H15F2NO2. The van der Waals surface area contributed by atoms with Gasteiger partial charge in [0.15, 0.2) is 0 Å². The van der Waals surface area contributed by atoms with Gasteiger partial charge in [0.25, 0.3) is 0 Å². The smallest absolute Gasteiger partial charge is 0.336 e. The van der Waals surface area contributed by atoms with Gasteiger partial charge in [-0.05, 0) is 35.6 Å². The second-order valence-corrected chi connectivity index (χ2v) is 6.22. The van der Waals surface area contributed by atoms with Gasteiger partial charge in [0, 0.05) is 12.0 Å². The second kappa shape index (κ2) is 5.44. The van der Waals surface area contributed by atoms with E-state index in [1.165, 1.54) is 6.07 Å². The van der Waals surface area contributed by atoms with Crippen molar-refractivity contribution < 1.29 is 18.7 Å². The molecule has 0 spiro atoms. The zero-order chi connectivity index (χ0) is 16.8. The molecule has 0 radical (unpaired) electrons. The van der Waals surface area contributed by atoms with Gasteiger partial charge in [0.2, 0.25) is 0 Å². The minimum atomic E-state index is -1.01. The van der Waals surface area contributed by atoms with E-state index >= 15 is 0 Å². The Balaban J connectivity index is 1.86. The third kappa shape index (κ3) is 2.19. The molecule has 1 aliphatic heterocycles. The Morgan fingerprint density at radius 3 is 2.75 bits per heavy atom. The highest BCUT2D eigenvalue weighted by Gasteiger charge is 2.40. The van der Waals surface area contributed by atoms with Crippen molar-refractivity contribution in [1.29, 1.82) is 0 Å². The van der Waals surface area contributed by atoms with Gasteiger partial charge < -0.3 is 10.4 Å². The van der Waals surface area contributed by atoms with Gasteiger partial charge in [0.1, 0.15) is 11.6 Å². The van der Waals surface area contributed by atoms with Crippen molar-refractivity contribution in [2.75, 3.05) is 5.32 Å². The molecule has 3 nitrogen and oxygen atoms in total. The Morgan fingerprint density at radius 1 is 1.17 bits per heavy atom. The molecule has 4 rings (SSSR count). The second-order valence-electron chi connectivity index (χ2n) is 6.22. The Morgan fingerprint density at radius 2 is 1.96 bits per heavy atom. The van der Waals surface area contributed by atoms with Gasteiger partial charge in [-0.1, -0.05) is 30.4 Å². The van der Waals surface area contributed by atoms with Crippen molar-refractivity contribution in [1.82, 2.24) is 0 Å². The molecule has 0 saturated carbocycles. The van der Waals surface area contributed by atoms with Crippen LogP contribution < -0.4 is 5.32 Å². The van der Waals surface area contributed by atoms with Crippen LogP contribution in [0.4, 0.5) is 14.5 Å². The van der Waals surface area contributed by atoms with E-state index in [-0.39, 0.29) is 29.1 Å². The zero-order valence-electron chi connectivity index (χ0n) is 12.7. The molecule has 24 heavy (non-hydrogen) atoms. The number of nitrogens with one attached hydrogen (secondary N) is 1. The molecule has 2 aromatic carbocycles. The Hall–Kier alpha value is -2.69. The Labute approximate surface area is 137 Å². The Kier molecular flexibility index (Phi) is 3.37. The molecule has 1 aliphatic carbocycles. The molecule has 2 aliphatic rings. The largest absolute Gasteiger partial charge is 0.478 e. The van der Waals surface area contributed by atoms with Crippen LogP contribution in [-0.2, 0) is 0 Å². The molecule has 0 amide bonds. The lowest BCUT2D eigenvalue weighted by Gasteiger charge is -2.38. The Bertz CT molecular complexity index is 862. The molecule has 122 valence electrons. The molecule has 0 fully saturated rings. The summed E-state index contributed by atoms with van der Waals surface area (Å²) >= 11 is 0. The predicted octanol–water partition coefficient (Wildman–Crippen LogP) is 4.49. The van der Waals surface area contributed by atoms with E-state index in [9.17, 15) is 18.7 Å². The van der Waals surface area contributed by atoms with E-state index in [0.717, 1.165) is 12.5 Å². The van der Waals surface area contributed by atoms with Crippen molar-refractivity contribution in [2.45, 2.75) is 18.4 Å². The summed E-state index contributed by atoms with van der Waals surface area (Å²) < 4.78 is 27.9. The van der Waals surface area contributed by atoms with Crippen LogP contribution >= 0.6 is 0 Å². The van der Waals surface area contributed by atoms with E-state index in [1.807, 2.05) is 12.2 Å². The maximum Gasteiger partial charge on any atom is 0.336 e. The molecule has 0 bridgehead atoms. The first-order chi connectivity index (χ1) is 11.6. The maximum atomic E-state index is 14.3. The molecule has 3 atom stereocenters. The van der Waals surface area contributed by atoms with Gasteiger partial charge in [-0.3, -0.25) is 0 Å². The number of aromatic carboxylic acids is 1. The van der Waals surface area contributed by atoms with Crippen molar-refractivity contribution in [3.63, 3.8) is 0 Å². The quantitative estimate of drug-likeness (QED) is 0.799. The monoisotopic (exact) mass is 327 g/mol. The van der Waals surface area contributed by atoms with Gasteiger partial charge in [-0.2, -0.15) is 0 Å². The van der Waals surface area contributed by atoms with Crippen molar-refractivity contribution in [2.24, 2.45) is 5.92 Å². The topological polar surface area (TPSA) is 49.3 Å². The van der Waals surface area contributed by atoms with Gasteiger partial charge >= 0.3 is 5.97 Å². The number of rotatable bonds is 2. The summed E-state index contributed by atoms with van der Waals surface area (Å²) in [5.74, 6) is -2.36. The average molecular weight is 327 g/mol. The lowest BCUT2D eigenvalue weighted by molar-refractivity contribution is 0.0694. The number of carboxylic acid groups (broad SMARTS) is 1. The SMILES string of the molecule is O=C(O)c1ccccc1[C@@H]1Nc2c(F)cc(F)cc2[C@@H]2C=CC[C@@H]21. The van der Waals surface area contributed by atoms with Crippen LogP contribution in [0.1, 0.15) is 39.9 Å². The number of hydrogen-bond acceptors (Lipinski definition) is 2. The van der Waals surface area contributed by atoms with Crippen molar-refractivity contribution in [3.05, 3.63) is 76.9 Å². The number of anilines is 1. The minimum absolute atomic E-state index is 0.0270. The van der Waals surface area contributed by atoms with E-state index in [0.29, 0.717) is 11.1 Å². The third-order valence-electron chi connectivity index (χ3n) is 4.91. The molecule has 2 N–H and O–H groups in total. The number of carbonyl (C=O) groups is 1. The van der Waals surface area contributed by atoms with E-state index in [2.05, 4.69) is 5.32 Å². The number of benzene rings is 2. The summed E-state index contributed by atoms with van der Waals surface area (Å²) in [4.78, 5) is 11.5. The van der Waals surface area contributed by atoms with E-state index in [1.54, 1.807) is 24.3 Å². The third-order valence-corrected chi connectivity index (χ3v) is 4.91. The lowest BCUT2D eigenvalue weighted by Crippen LogP contribution is -2.31. The number of halogens is 2. The fourth-order valence-electron chi connectivity index (χ4n) is 3.89. The molecule has 0 unspecified atom stereocenters. The zero-order valence-corrected chi connectivity index (χ0v) is 12.7. The number of carboxylic acids is 1. The predicted molar refractivity (Wildman–Crippen MR) is 86.1 cm³/mol. The molecule has 2 aromatic rings. The first-order valence-electron chi connectivity index (χ1n) is 7.80. The summed E-state index contributed by atoms with van der Waals surface area (Å²) in [7, 11) is 0. The van der Waals surface area contributed by atoms with Crippen LogP contribution in [0, 0.1) is 17.6 Å². The van der Waals surface area contributed by atoms with Crippen LogP contribution in [0.5, 0.6) is 0 Å². The number of hydrogen-bond donors (Lipinski definition) is 2. The first kappa shape index (κ1) is 14.9. The summed E-state index contributed by atoms with van der Waals surface area (Å²) in [6, 6.07) is 8.62. The highest BCUT2D eigenvalue weighted by Crippen LogP contribution is 2.51.